The number of guanidine groups is 1. The molecule has 0 unspecified atom stereocenters. The number of aryl methyl sites for hydroxylation is 2. The maximum absolute atomic E-state index is 12.2. The van der Waals surface area contributed by atoms with Gasteiger partial charge in [0.05, 0.1) is 12.2 Å². The SMILES string of the molecule is Cc1cc(C)n(-c2ccc(CN=C(N)Nc3ccc(OC(F)(F)F)cc3)cn2)n1. The predicted molar refractivity (Wildman–Crippen MR) is 103 cm³/mol. The molecule has 2 aromatic heterocycles. The molecule has 1 aromatic carbocycles. The molecule has 7 nitrogen and oxygen atoms in total. The molecule has 10 heteroatoms. The van der Waals surface area contributed by atoms with Crippen molar-refractivity contribution in [1.82, 2.24) is 14.8 Å². The third-order valence-electron chi connectivity index (χ3n) is 3.83. The predicted octanol–water partition coefficient (Wildman–Crippen LogP) is 3.71. The van der Waals surface area contributed by atoms with Gasteiger partial charge in [-0.15, -0.1) is 13.2 Å². The molecule has 0 aliphatic heterocycles. The van der Waals surface area contributed by atoms with Gasteiger partial charge in [0.1, 0.15) is 5.75 Å². The number of nitrogens with two attached hydrogens (primary N) is 1. The zero-order chi connectivity index (χ0) is 21.0. The molecule has 29 heavy (non-hydrogen) atoms. The van der Waals surface area contributed by atoms with Crippen LogP contribution in [0.25, 0.3) is 5.82 Å². The van der Waals surface area contributed by atoms with E-state index in [-0.39, 0.29) is 11.7 Å². The number of pyridine rings is 1. The van der Waals surface area contributed by atoms with Crippen molar-refractivity contribution in [3.63, 3.8) is 0 Å². The number of hydrogen-bond donors (Lipinski definition) is 2. The summed E-state index contributed by atoms with van der Waals surface area (Å²) in [6, 6.07) is 10.9. The number of benzene rings is 1. The van der Waals surface area contributed by atoms with Crippen LogP contribution in [-0.2, 0) is 6.54 Å². The van der Waals surface area contributed by atoms with Crippen molar-refractivity contribution in [2.45, 2.75) is 26.8 Å². The van der Waals surface area contributed by atoms with Gasteiger partial charge in [-0.1, -0.05) is 6.07 Å². The summed E-state index contributed by atoms with van der Waals surface area (Å²) >= 11 is 0. The molecule has 0 amide bonds. The third kappa shape index (κ3) is 5.71. The highest BCUT2D eigenvalue weighted by atomic mass is 19.4. The number of ether oxygens (including phenoxy) is 1. The summed E-state index contributed by atoms with van der Waals surface area (Å²) in [5.41, 5.74) is 9.06. The summed E-state index contributed by atoms with van der Waals surface area (Å²) in [6.07, 6.45) is -3.04. The Morgan fingerprint density at radius 3 is 2.45 bits per heavy atom. The Bertz CT molecular complexity index is 994. The number of halogens is 3. The van der Waals surface area contributed by atoms with Crippen molar-refractivity contribution >= 4 is 11.6 Å². The lowest BCUT2D eigenvalue weighted by atomic mass is 10.3. The minimum absolute atomic E-state index is 0.122. The van der Waals surface area contributed by atoms with Crippen LogP contribution in [0.1, 0.15) is 17.0 Å². The number of rotatable bonds is 5. The van der Waals surface area contributed by atoms with Crippen LogP contribution in [0, 0.1) is 13.8 Å². The molecule has 0 aliphatic carbocycles. The number of aromatic nitrogens is 3. The van der Waals surface area contributed by atoms with E-state index in [2.05, 4.69) is 25.1 Å². The van der Waals surface area contributed by atoms with Crippen molar-refractivity contribution in [3.8, 4) is 11.6 Å². The number of nitrogens with zero attached hydrogens (tertiary/aromatic N) is 4. The fourth-order valence-corrected chi connectivity index (χ4v) is 2.60. The van der Waals surface area contributed by atoms with Gasteiger partial charge in [0.15, 0.2) is 11.8 Å². The first kappa shape index (κ1) is 20.2. The lowest BCUT2D eigenvalue weighted by Gasteiger charge is -2.10. The van der Waals surface area contributed by atoms with Crippen LogP contribution in [0.4, 0.5) is 18.9 Å². The number of hydrogen-bond acceptors (Lipinski definition) is 4. The first-order valence-electron chi connectivity index (χ1n) is 8.61. The smallest absolute Gasteiger partial charge is 0.406 e. The summed E-state index contributed by atoms with van der Waals surface area (Å²) in [5, 5.41) is 7.19. The molecule has 0 atom stereocenters. The van der Waals surface area contributed by atoms with E-state index in [1.165, 1.54) is 24.3 Å². The first-order chi connectivity index (χ1) is 13.7. The van der Waals surface area contributed by atoms with E-state index in [4.69, 9.17) is 5.73 Å². The second kappa shape index (κ2) is 8.21. The topological polar surface area (TPSA) is 90.4 Å². The van der Waals surface area contributed by atoms with Crippen LogP contribution in [0.2, 0.25) is 0 Å². The minimum atomic E-state index is -4.73. The molecule has 0 radical (unpaired) electrons. The van der Waals surface area contributed by atoms with Crippen LogP contribution in [-0.4, -0.2) is 27.1 Å². The van der Waals surface area contributed by atoms with Crippen molar-refractivity contribution in [3.05, 3.63) is 65.6 Å². The molecule has 0 fully saturated rings. The highest BCUT2D eigenvalue weighted by Gasteiger charge is 2.30. The van der Waals surface area contributed by atoms with Gasteiger partial charge in [-0.3, -0.25) is 0 Å². The summed E-state index contributed by atoms with van der Waals surface area (Å²) in [7, 11) is 0. The lowest BCUT2D eigenvalue weighted by Crippen LogP contribution is -2.22. The van der Waals surface area contributed by atoms with Gasteiger partial charge in [0.25, 0.3) is 0 Å². The molecular weight excluding hydrogens is 385 g/mol. The molecule has 0 aliphatic rings. The molecule has 0 spiro atoms. The lowest BCUT2D eigenvalue weighted by molar-refractivity contribution is -0.274. The van der Waals surface area contributed by atoms with E-state index in [0.717, 1.165) is 17.0 Å². The standard InChI is InChI=1S/C19H19F3N6O/c1-12-9-13(2)28(27-12)17-8-3-14(10-24-17)11-25-18(23)26-15-4-6-16(7-5-15)29-19(20,21)22/h3-10H,11H2,1-2H3,(H3,23,25,26). The molecule has 3 rings (SSSR count). The molecule has 0 bridgehead atoms. The summed E-state index contributed by atoms with van der Waals surface area (Å²) in [6.45, 7) is 4.16. The second-order valence-electron chi connectivity index (χ2n) is 6.26. The van der Waals surface area contributed by atoms with Crippen LogP contribution < -0.4 is 15.8 Å². The maximum atomic E-state index is 12.2. The summed E-state index contributed by atoms with van der Waals surface area (Å²) < 4.78 is 42.1. The Kier molecular flexibility index (Phi) is 5.71. The van der Waals surface area contributed by atoms with E-state index in [9.17, 15) is 13.2 Å². The van der Waals surface area contributed by atoms with Gasteiger partial charge in [0, 0.05) is 17.6 Å². The maximum Gasteiger partial charge on any atom is 0.573 e. The fourth-order valence-electron chi connectivity index (χ4n) is 2.60. The molecule has 152 valence electrons. The Balaban J connectivity index is 1.59. The van der Waals surface area contributed by atoms with Gasteiger partial charge in [-0.05, 0) is 55.8 Å². The zero-order valence-electron chi connectivity index (χ0n) is 15.7. The highest BCUT2D eigenvalue weighted by Crippen LogP contribution is 2.23. The van der Waals surface area contributed by atoms with E-state index in [1.54, 1.807) is 10.9 Å². The number of anilines is 1. The number of aliphatic imine (C=N–C) groups is 1. The largest absolute Gasteiger partial charge is 0.573 e. The molecule has 3 aromatic rings. The van der Waals surface area contributed by atoms with Crippen LogP contribution >= 0.6 is 0 Å². The summed E-state index contributed by atoms with van der Waals surface area (Å²) in [4.78, 5) is 8.59. The normalized spacial score (nSPS) is 12.1. The monoisotopic (exact) mass is 404 g/mol. The van der Waals surface area contributed by atoms with Crippen molar-refractivity contribution < 1.29 is 17.9 Å². The highest BCUT2D eigenvalue weighted by molar-refractivity contribution is 5.92. The van der Waals surface area contributed by atoms with E-state index < -0.39 is 6.36 Å². The quantitative estimate of drug-likeness (QED) is 0.500. The van der Waals surface area contributed by atoms with Crippen LogP contribution in [0.15, 0.2) is 53.7 Å². The Labute approximate surface area is 165 Å². The Morgan fingerprint density at radius 2 is 1.90 bits per heavy atom. The van der Waals surface area contributed by atoms with Crippen LogP contribution in [0.3, 0.4) is 0 Å². The van der Waals surface area contributed by atoms with E-state index >= 15 is 0 Å². The minimum Gasteiger partial charge on any atom is -0.406 e. The van der Waals surface area contributed by atoms with Gasteiger partial charge < -0.3 is 15.8 Å². The number of alkyl halides is 3. The Morgan fingerprint density at radius 1 is 1.17 bits per heavy atom. The average molecular weight is 404 g/mol. The van der Waals surface area contributed by atoms with Gasteiger partial charge in [-0.2, -0.15) is 5.10 Å². The van der Waals surface area contributed by atoms with Gasteiger partial charge in [-0.25, -0.2) is 14.7 Å². The second-order valence-corrected chi connectivity index (χ2v) is 6.26. The van der Waals surface area contributed by atoms with Crippen LogP contribution in [0.5, 0.6) is 5.75 Å². The molecule has 2 heterocycles. The molecular formula is C19H19F3N6O. The molecule has 3 N–H and O–H groups in total. The Hall–Kier alpha value is -3.56. The zero-order valence-corrected chi connectivity index (χ0v) is 15.7. The van der Waals surface area contributed by atoms with Gasteiger partial charge in [0.2, 0.25) is 0 Å². The van der Waals surface area contributed by atoms with Crippen molar-refractivity contribution in [2.24, 2.45) is 10.7 Å². The summed E-state index contributed by atoms with van der Waals surface area (Å²) in [5.74, 6) is 0.514. The van der Waals surface area contributed by atoms with E-state index in [0.29, 0.717) is 18.1 Å². The molecule has 0 saturated heterocycles. The third-order valence-corrected chi connectivity index (χ3v) is 3.83. The fraction of sp³-hybridized carbons (Fsp3) is 0.211. The van der Waals surface area contributed by atoms with Crippen molar-refractivity contribution in [1.29, 1.82) is 0 Å². The van der Waals surface area contributed by atoms with Crippen molar-refractivity contribution in [2.75, 3.05) is 5.32 Å². The van der Waals surface area contributed by atoms with Gasteiger partial charge >= 0.3 is 6.36 Å². The first-order valence-corrected chi connectivity index (χ1v) is 8.61. The van der Waals surface area contributed by atoms with E-state index in [1.807, 2.05) is 32.0 Å². The average Bonchev–Trinajstić information content (AvgIpc) is 2.99. The molecule has 0 saturated carbocycles. The number of nitrogens with one attached hydrogen (secondary N) is 1.